The lowest BCUT2D eigenvalue weighted by Crippen LogP contribution is -2.33. The predicted molar refractivity (Wildman–Crippen MR) is 85.7 cm³/mol. The van der Waals surface area contributed by atoms with Crippen molar-refractivity contribution in [1.82, 2.24) is 4.72 Å². The number of nitrogens with one attached hydrogen (secondary N) is 1. The maximum Gasteiger partial charge on any atom is 0.271 e. The summed E-state index contributed by atoms with van der Waals surface area (Å²) in [7, 11) is -3.59. The Morgan fingerprint density at radius 3 is 2.13 bits per heavy atom. The number of benzene rings is 2. The first-order valence-electron chi connectivity index (χ1n) is 6.83. The SMILES string of the molecule is CS(=O)(=O)NC(=O)COc1ccccc1OCc1ccccc1. The van der Waals surface area contributed by atoms with Crippen molar-refractivity contribution in [3.8, 4) is 11.5 Å². The number of carbonyl (C=O) groups is 1. The van der Waals surface area contributed by atoms with Crippen LogP contribution in [0.15, 0.2) is 54.6 Å². The summed E-state index contributed by atoms with van der Waals surface area (Å²) < 4.78 is 34.8. The summed E-state index contributed by atoms with van der Waals surface area (Å²) in [6.45, 7) is -0.0600. The molecule has 0 bridgehead atoms. The minimum atomic E-state index is -3.59. The van der Waals surface area contributed by atoms with Crippen molar-refractivity contribution in [2.45, 2.75) is 6.61 Å². The molecule has 0 heterocycles. The molecule has 6 nitrogen and oxygen atoms in total. The minimum Gasteiger partial charge on any atom is -0.485 e. The van der Waals surface area contributed by atoms with Crippen molar-refractivity contribution in [2.75, 3.05) is 12.9 Å². The van der Waals surface area contributed by atoms with E-state index in [-0.39, 0.29) is 0 Å². The molecule has 0 aliphatic heterocycles. The molecule has 2 aromatic rings. The summed E-state index contributed by atoms with van der Waals surface area (Å²) >= 11 is 0. The molecule has 122 valence electrons. The van der Waals surface area contributed by atoms with Gasteiger partial charge in [-0.3, -0.25) is 9.52 Å². The fourth-order valence-corrected chi connectivity index (χ4v) is 2.28. The summed E-state index contributed by atoms with van der Waals surface area (Å²) in [5.74, 6) is 0.0981. The lowest BCUT2D eigenvalue weighted by Gasteiger charge is -2.12. The molecule has 1 amide bonds. The van der Waals surface area contributed by atoms with Crippen LogP contribution in [-0.4, -0.2) is 27.2 Å². The van der Waals surface area contributed by atoms with Crippen molar-refractivity contribution in [3.63, 3.8) is 0 Å². The van der Waals surface area contributed by atoms with Gasteiger partial charge in [0.25, 0.3) is 5.91 Å². The molecule has 0 unspecified atom stereocenters. The molecular formula is C16H17NO5S. The van der Waals surface area contributed by atoms with Crippen LogP contribution >= 0.6 is 0 Å². The topological polar surface area (TPSA) is 81.7 Å². The Balaban J connectivity index is 1.96. The number of carbonyl (C=O) groups excluding carboxylic acids is 1. The number of rotatable bonds is 7. The van der Waals surface area contributed by atoms with Crippen LogP contribution in [0.3, 0.4) is 0 Å². The number of hydrogen-bond donors (Lipinski definition) is 1. The van der Waals surface area contributed by atoms with E-state index in [1.165, 1.54) is 0 Å². The lowest BCUT2D eigenvalue weighted by atomic mass is 10.2. The van der Waals surface area contributed by atoms with Crippen LogP contribution in [-0.2, 0) is 21.4 Å². The molecule has 23 heavy (non-hydrogen) atoms. The Morgan fingerprint density at radius 1 is 0.957 bits per heavy atom. The Bertz CT molecular complexity index is 759. The molecule has 0 saturated carbocycles. The molecule has 2 aromatic carbocycles. The zero-order valence-corrected chi connectivity index (χ0v) is 13.4. The number of para-hydroxylation sites is 2. The van der Waals surface area contributed by atoms with Gasteiger partial charge in [-0.05, 0) is 17.7 Å². The van der Waals surface area contributed by atoms with Crippen molar-refractivity contribution < 1.29 is 22.7 Å². The highest BCUT2D eigenvalue weighted by molar-refractivity contribution is 7.89. The number of sulfonamides is 1. The van der Waals surface area contributed by atoms with Crippen LogP contribution in [0, 0.1) is 0 Å². The van der Waals surface area contributed by atoms with E-state index in [4.69, 9.17) is 9.47 Å². The summed E-state index contributed by atoms with van der Waals surface area (Å²) in [6.07, 6.45) is 0.905. The molecule has 0 fully saturated rings. The third-order valence-electron chi connectivity index (χ3n) is 2.74. The van der Waals surface area contributed by atoms with Crippen LogP contribution in [0.4, 0.5) is 0 Å². The second kappa shape index (κ2) is 7.64. The van der Waals surface area contributed by atoms with Crippen molar-refractivity contribution in [2.24, 2.45) is 0 Å². The molecule has 2 rings (SSSR count). The van der Waals surface area contributed by atoms with E-state index in [0.29, 0.717) is 18.1 Å². The molecule has 0 spiro atoms. The summed E-state index contributed by atoms with van der Waals surface area (Å²) in [5.41, 5.74) is 0.997. The second-order valence-corrected chi connectivity index (χ2v) is 6.56. The van der Waals surface area contributed by atoms with Gasteiger partial charge in [-0.25, -0.2) is 8.42 Å². The Morgan fingerprint density at radius 2 is 1.52 bits per heavy atom. The normalized spacial score (nSPS) is 10.8. The van der Waals surface area contributed by atoms with Gasteiger partial charge in [0, 0.05) is 0 Å². The molecular weight excluding hydrogens is 318 g/mol. The molecule has 1 N–H and O–H groups in total. The van der Waals surface area contributed by atoms with Crippen LogP contribution in [0.5, 0.6) is 11.5 Å². The van der Waals surface area contributed by atoms with Gasteiger partial charge in [-0.2, -0.15) is 0 Å². The highest BCUT2D eigenvalue weighted by Gasteiger charge is 2.11. The zero-order chi connectivity index (χ0) is 16.7. The maximum absolute atomic E-state index is 11.5. The smallest absolute Gasteiger partial charge is 0.271 e. The number of ether oxygens (including phenoxy) is 2. The fraction of sp³-hybridized carbons (Fsp3) is 0.188. The molecule has 7 heteroatoms. The molecule has 0 radical (unpaired) electrons. The number of hydrogen-bond acceptors (Lipinski definition) is 5. The van der Waals surface area contributed by atoms with Crippen molar-refractivity contribution in [1.29, 1.82) is 0 Å². The first kappa shape index (κ1) is 16.8. The van der Waals surface area contributed by atoms with Gasteiger partial charge in [0.15, 0.2) is 18.1 Å². The molecule has 0 aliphatic rings. The molecule has 0 atom stereocenters. The van der Waals surface area contributed by atoms with E-state index in [2.05, 4.69) is 0 Å². The highest BCUT2D eigenvalue weighted by Crippen LogP contribution is 2.27. The summed E-state index contributed by atoms with van der Waals surface area (Å²) in [4.78, 5) is 11.5. The first-order chi connectivity index (χ1) is 10.9. The van der Waals surface area contributed by atoms with E-state index < -0.39 is 22.5 Å². The van der Waals surface area contributed by atoms with Crippen molar-refractivity contribution in [3.05, 3.63) is 60.2 Å². The lowest BCUT2D eigenvalue weighted by molar-refractivity contribution is -0.121. The molecule has 0 aliphatic carbocycles. The highest BCUT2D eigenvalue weighted by atomic mass is 32.2. The second-order valence-electron chi connectivity index (χ2n) is 4.81. The minimum absolute atomic E-state index is 0.358. The van der Waals surface area contributed by atoms with Gasteiger partial charge in [0.05, 0.1) is 6.26 Å². The Kier molecular flexibility index (Phi) is 5.59. The average Bonchev–Trinajstić information content (AvgIpc) is 2.51. The van der Waals surface area contributed by atoms with Gasteiger partial charge in [-0.1, -0.05) is 42.5 Å². The Hall–Kier alpha value is -2.54. The fourth-order valence-electron chi connectivity index (χ4n) is 1.80. The quantitative estimate of drug-likeness (QED) is 0.833. The monoisotopic (exact) mass is 335 g/mol. The van der Waals surface area contributed by atoms with E-state index in [9.17, 15) is 13.2 Å². The standard InChI is InChI=1S/C16H17NO5S/c1-23(19,20)17-16(18)12-22-15-10-6-5-9-14(15)21-11-13-7-3-2-4-8-13/h2-10H,11-12H2,1H3,(H,17,18). The predicted octanol–water partition coefficient (Wildman–Crippen LogP) is 1.72. The van der Waals surface area contributed by atoms with Gasteiger partial charge >= 0.3 is 0 Å². The maximum atomic E-state index is 11.5. The van der Waals surface area contributed by atoms with E-state index >= 15 is 0 Å². The summed E-state index contributed by atoms with van der Waals surface area (Å²) in [5, 5.41) is 0. The van der Waals surface area contributed by atoms with Gasteiger partial charge in [0.1, 0.15) is 6.61 Å². The number of amides is 1. The third kappa shape index (κ3) is 5.99. The summed E-state index contributed by atoms with van der Waals surface area (Å²) in [6, 6.07) is 16.5. The first-order valence-corrected chi connectivity index (χ1v) is 8.72. The largest absolute Gasteiger partial charge is 0.485 e. The van der Waals surface area contributed by atoms with Gasteiger partial charge < -0.3 is 9.47 Å². The van der Waals surface area contributed by atoms with Crippen LogP contribution in [0.2, 0.25) is 0 Å². The molecule has 0 aromatic heterocycles. The van der Waals surface area contributed by atoms with Gasteiger partial charge in [0.2, 0.25) is 10.0 Å². The van der Waals surface area contributed by atoms with Crippen LogP contribution < -0.4 is 14.2 Å². The van der Waals surface area contributed by atoms with E-state index in [0.717, 1.165) is 11.8 Å². The van der Waals surface area contributed by atoms with Gasteiger partial charge in [-0.15, -0.1) is 0 Å². The van der Waals surface area contributed by atoms with Crippen molar-refractivity contribution >= 4 is 15.9 Å². The van der Waals surface area contributed by atoms with E-state index in [1.807, 2.05) is 35.1 Å². The Labute approximate surface area is 135 Å². The average molecular weight is 335 g/mol. The van der Waals surface area contributed by atoms with Crippen LogP contribution in [0.1, 0.15) is 5.56 Å². The third-order valence-corrected chi connectivity index (χ3v) is 3.34. The molecule has 0 saturated heterocycles. The zero-order valence-electron chi connectivity index (χ0n) is 12.6. The van der Waals surface area contributed by atoms with E-state index in [1.54, 1.807) is 24.3 Å². The van der Waals surface area contributed by atoms with Crippen LogP contribution in [0.25, 0.3) is 0 Å².